The summed E-state index contributed by atoms with van der Waals surface area (Å²) in [6, 6.07) is 0.285. The van der Waals surface area contributed by atoms with Crippen molar-refractivity contribution < 1.29 is 19.1 Å². The van der Waals surface area contributed by atoms with Crippen LogP contribution < -0.4 is 0 Å². The topological polar surface area (TPSA) is 66.9 Å². The standard InChI is InChI=1S/C22H30N2O4/c1-14-19(22(28-21(14)27)8-3-2-4-9-22)20(26)23-11-15-10-16(13-23)17-6-5-7-18(25)24(17)12-15/h15-17H,2-13H2,1H3/t15?,16?,17-/m1/s1. The van der Waals surface area contributed by atoms with Crippen LogP contribution in [0.1, 0.15) is 64.7 Å². The van der Waals surface area contributed by atoms with E-state index in [2.05, 4.69) is 4.90 Å². The lowest BCUT2D eigenvalue weighted by Crippen LogP contribution is -2.61. The van der Waals surface area contributed by atoms with Crippen LogP contribution in [-0.2, 0) is 19.1 Å². The Morgan fingerprint density at radius 1 is 1.07 bits per heavy atom. The Labute approximate surface area is 166 Å². The molecule has 0 aromatic rings. The molecule has 2 bridgehead atoms. The van der Waals surface area contributed by atoms with Crippen molar-refractivity contribution in [3.8, 4) is 0 Å². The number of amides is 2. The highest BCUT2D eigenvalue weighted by Crippen LogP contribution is 2.45. The summed E-state index contributed by atoms with van der Waals surface area (Å²) >= 11 is 0. The number of carbonyl (C=O) groups is 3. The Bertz CT molecular complexity index is 752. The number of hydrogen-bond acceptors (Lipinski definition) is 4. The Morgan fingerprint density at radius 2 is 1.86 bits per heavy atom. The zero-order valence-corrected chi connectivity index (χ0v) is 16.7. The van der Waals surface area contributed by atoms with Crippen molar-refractivity contribution in [1.29, 1.82) is 0 Å². The Morgan fingerprint density at radius 3 is 2.64 bits per heavy atom. The second kappa shape index (κ2) is 6.60. The van der Waals surface area contributed by atoms with Crippen LogP contribution in [0.5, 0.6) is 0 Å². The minimum atomic E-state index is -0.685. The minimum Gasteiger partial charge on any atom is -0.451 e. The molecule has 3 saturated heterocycles. The second-order valence-corrected chi connectivity index (χ2v) is 9.52. The SMILES string of the molecule is CC1=C(C(=O)N2CC3CC(C2)[C@H]2CCCC(=O)N2C3)C2(CCCCC2)OC1=O. The van der Waals surface area contributed by atoms with Gasteiger partial charge in [0, 0.05) is 37.7 Å². The molecule has 5 rings (SSSR count). The summed E-state index contributed by atoms with van der Waals surface area (Å²) in [6.07, 6.45) is 8.47. The van der Waals surface area contributed by atoms with Gasteiger partial charge in [-0.3, -0.25) is 9.59 Å². The molecule has 2 amide bonds. The first kappa shape index (κ1) is 18.2. The number of ether oxygens (including phenoxy) is 1. The quantitative estimate of drug-likeness (QED) is 0.649. The summed E-state index contributed by atoms with van der Waals surface area (Å²) in [6.45, 7) is 3.92. The normalized spacial score (nSPS) is 34.5. The van der Waals surface area contributed by atoms with E-state index >= 15 is 0 Å². The Hall–Kier alpha value is -1.85. The third-order valence-corrected chi connectivity index (χ3v) is 7.77. The predicted octanol–water partition coefficient (Wildman–Crippen LogP) is 2.42. The Balaban J connectivity index is 1.40. The average Bonchev–Trinajstić information content (AvgIpc) is 2.92. The number of esters is 1. The summed E-state index contributed by atoms with van der Waals surface area (Å²) in [5.41, 5.74) is 0.460. The van der Waals surface area contributed by atoms with E-state index in [4.69, 9.17) is 4.74 Å². The van der Waals surface area contributed by atoms with Gasteiger partial charge in [-0.1, -0.05) is 6.42 Å². The molecule has 2 unspecified atom stereocenters. The fraction of sp³-hybridized carbons (Fsp3) is 0.773. The van der Waals surface area contributed by atoms with E-state index in [0.717, 1.165) is 57.9 Å². The highest BCUT2D eigenvalue weighted by Gasteiger charge is 2.52. The van der Waals surface area contributed by atoms with E-state index in [1.165, 1.54) is 0 Å². The van der Waals surface area contributed by atoms with E-state index in [9.17, 15) is 14.4 Å². The molecule has 6 heteroatoms. The molecule has 3 atom stereocenters. The maximum Gasteiger partial charge on any atom is 0.335 e. The van der Waals surface area contributed by atoms with Gasteiger partial charge in [0.25, 0.3) is 5.91 Å². The highest BCUT2D eigenvalue weighted by atomic mass is 16.6. The zero-order chi connectivity index (χ0) is 19.5. The molecule has 4 fully saturated rings. The zero-order valence-electron chi connectivity index (χ0n) is 16.7. The molecule has 4 heterocycles. The number of piperidine rings is 3. The van der Waals surface area contributed by atoms with Crippen LogP contribution in [0.4, 0.5) is 0 Å². The molecule has 6 nitrogen and oxygen atoms in total. The third-order valence-electron chi connectivity index (χ3n) is 7.77. The van der Waals surface area contributed by atoms with Crippen molar-refractivity contribution in [1.82, 2.24) is 9.80 Å². The molecular formula is C22H30N2O4. The van der Waals surface area contributed by atoms with E-state index in [1.807, 2.05) is 4.90 Å². The first-order valence-electron chi connectivity index (χ1n) is 11.0. The lowest BCUT2D eigenvalue weighted by atomic mass is 9.74. The molecule has 1 saturated carbocycles. The van der Waals surface area contributed by atoms with Crippen LogP contribution in [0.2, 0.25) is 0 Å². The van der Waals surface area contributed by atoms with Crippen LogP contribution in [0.15, 0.2) is 11.1 Å². The summed E-state index contributed by atoms with van der Waals surface area (Å²) in [5.74, 6) is 0.700. The number of hydrogen-bond donors (Lipinski definition) is 0. The third kappa shape index (κ3) is 2.71. The fourth-order valence-corrected chi connectivity index (χ4v) is 6.51. The molecule has 0 aromatic heterocycles. The number of carbonyl (C=O) groups excluding carboxylic acids is 3. The lowest BCUT2D eigenvalue weighted by molar-refractivity contribution is -0.151. The van der Waals surface area contributed by atoms with Gasteiger partial charge in [-0.05, 0) is 63.7 Å². The molecule has 28 heavy (non-hydrogen) atoms. The number of nitrogens with zero attached hydrogens (tertiary/aromatic N) is 2. The lowest BCUT2D eigenvalue weighted by Gasteiger charge is -2.52. The van der Waals surface area contributed by atoms with Gasteiger partial charge in [0.05, 0.1) is 5.57 Å². The molecule has 1 aliphatic carbocycles. The molecule has 1 spiro atoms. The van der Waals surface area contributed by atoms with Gasteiger partial charge in [0.1, 0.15) is 5.60 Å². The number of fused-ring (bicyclic) bond motifs is 4. The van der Waals surface area contributed by atoms with Gasteiger partial charge in [0.15, 0.2) is 0 Å². The first-order chi connectivity index (χ1) is 13.5. The van der Waals surface area contributed by atoms with Gasteiger partial charge < -0.3 is 14.5 Å². The van der Waals surface area contributed by atoms with Crippen LogP contribution >= 0.6 is 0 Å². The average molecular weight is 386 g/mol. The number of likely N-dealkylation sites (tertiary alicyclic amines) is 1. The van der Waals surface area contributed by atoms with Crippen molar-refractivity contribution >= 4 is 17.8 Å². The van der Waals surface area contributed by atoms with Gasteiger partial charge in [-0.25, -0.2) is 4.79 Å². The predicted molar refractivity (Wildman–Crippen MR) is 102 cm³/mol. The van der Waals surface area contributed by atoms with Crippen molar-refractivity contribution in [2.24, 2.45) is 11.8 Å². The largest absolute Gasteiger partial charge is 0.451 e. The summed E-state index contributed by atoms with van der Waals surface area (Å²) in [4.78, 5) is 42.4. The Kier molecular flexibility index (Phi) is 4.29. The van der Waals surface area contributed by atoms with Crippen molar-refractivity contribution in [3.05, 3.63) is 11.1 Å². The monoisotopic (exact) mass is 386 g/mol. The van der Waals surface area contributed by atoms with Crippen LogP contribution in [0.3, 0.4) is 0 Å². The fourth-order valence-electron chi connectivity index (χ4n) is 6.51. The van der Waals surface area contributed by atoms with Gasteiger partial charge >= 0.3 is 5.97 Å². The molecule has 0 aromatic carbocycles. The van der Waals surface area contributed by atoms with Crippen molar-refractivity contribution in [3.63, 3.8) is 0 Å². The summed E-state index contributed by atoms with van der Waals surface area (Å²) in [7, 11) is 0. The van der Waals surface area contributed by atoms with Crippen molar-refractivity contribution in [2.45, 2.75) is 76.4 Å². The van der Waals surface area contributed by atoms with Crippen LogP contribution in [0, 0.1) is 11.8 Å². The molecular weight excluding hydrogens is 356 g/mol. The minimum absolute atomic E-state index is 0.00976. The van der Waals surface area contributed by atoms with Gasteiger partial charge in [-0.15, -0.1) is 0 Å². The molecule has 152 valence electrons. The van der Waals surface area contributed by atoms with Gasteiger partial charge in [-0.2, -0.15) is 0 Å². The van der Waals surface area contributed by atoms with E-state index in [1.54, 1.807) is 6.92 Å². The van der Waals surface area contributed by atoms with Crippen molar-refractivity contribution in [2.75, 3.05) is 19.6 Å². The van der Waals surface area contributed by atoms with E-state index in [0.29, 0.717) is 48.4 Å². The highest BCUT2D eigenvalue weighted by molar-refractivity contribution is 6.07. The van der Waals surface area contributed by atoms with E-state index in [-0.39, 0.29) is 17.9 Å². The molecule has 0 N–H and O–H groups in total. The summed E-state index contributed by atoms with van der Waals surface area (Å²) < 4.78 is 5.81. The first-order valence-corrected chi connectivity index (χ1v) is 11.0. The molecule has 0 radical (unpaired) electrons. The maximum absolute atomic E-state index is 13.6. The molecule has 5 aliphatic rings. The van der Waals surface area contributed by atoms with E-state index < -0.39 is 5.60 Å². The van der Waals surface area contributed by atoms with Crippen LogP contribution in [-0.4, -0.2) is 58.9 Å². The molecule has 4 aliphatic heterocycles. The maximum atomic E-state index is 13.6. The van der Waals surface area contributed by atoms with Gasteiger partial charge in [0.2, 0.25) is 5.91 Å². The summed E-state index contributed by atoms with van der Waals surface area (Å²) in [5, 5.41) is 0. The smallest absolute Gasteiger partial charge is 0.335 e. The number of rotatable bonds is 1. The second-order valence-electron chi connectivity index (χ2n) is 9.52. The van der Waals surface area contributed by atoms with Crippen LogP contribution in [0.25, 0.3) is 0 Å².